The Hall–Kier alpha value is -1.55. The first-order chi connectivity index (χ1) is 7.75. The van der Waals surface area contributed by atoms with Gasteiger partial charge in [-0.15, -0.1) is 0 Å². The Morgan fingerprint density at radius 1 is 1.56 bits per heavy atom. The van der Waals surface area contributed by atoms with Gasteiger partial charge in [-0.25, -0.2) is 0 Å². The van der Waals surface area contributed by atoms with Crippen LogP contribution in [0.3, 0.4) is 0 Å². The number of ether oxygens (including phenoxy) is 2. The average molecular weight is 220 g/mol. The van der Waals surface area contributed by atoms with Gasteiger partial charge in [-0.2, -0.15) is 0 Å². The van der Waals surface area contributed by atoms with Crippen LogP contribution in [-0.2, 0) is 4.74 Å². The Balaban J connectivity index is 1.93. The van der Waals surface area contributed by atoms with Crippen LogP contribution in [0.15, 0.2) is 24.3 Å². The lowest BCUT2D eigenvalue weighted by molar-refractivity contribution is 0.167. The Morgan fingerprint density at radius 2 is 2.44 bits per heavy atom. The monoisotopic (exact) mass is 220 g/mol. The van der Waals surface area contributed by atoms with E-state index in [0.717, 1.165) is 25.4 Å². The summed E-state index contributed by atoms with van der Waals surface area (Å²) in [6, 6.07) is 7.31. The third kappa shape index (κ3) is 2.73. The molecule has 1 aliphatic rings. The number of hydrogen-bond donors (Lipinski definition) is 2. The quantitative estimate of drug-likeness (QED) is 0.595. The molecule has 0 spiro atoms. The number of nitrogens with two attached hydrogens (primary N) is 1. The molecule has 0 bridgehead atoms. The van der Waals surface area contributed by atoms with Gasteiger partial charge in [0.15, 0.2) is 0 Å². The normalized spacial score (nSPS) is 19.6. The maximum Gasteiger partial charge on any atom is 0.122 e. The van der Waals surface area contributed by atoms with Gasteiger partial charge in [0.1, 0.15) is 11.6 Å². The fourth-order valence-electron chi connectivity index (χ4n) is 1.68. The van der Waals surface area contributed by atoms with Crippen LogP contribution in [0.5, 0.6) is 5.75 Å². The fraction of sp³-hybridized carbons (Fsp3) is 0.417. The lowest BCUT2D eigenvalue weighted by Gasteiger charge is -2.10. The van der Waals surface area contributed by atoms with Gasteiger partial charge < -0.3 is 15.2 Å². The summed E-state index contributed by atoms with van der Waals surface area (Å²) in [7, 11) is 0. The van der Waals surface area contributed by atoms with Crippen LogP contribution >= 0.6 is 0 Å². The minimum Gasteiger partial charge on any atom is -0.493 e. The van der Waals surface area contributed by atoms with Crippen molar-refractivity contribution in [1.82, 2.24) is 0 Å². The molecule has 16 heavy (non-hydrogen) atoms. The van der Waals surface area contributed by atoms with E-state index in [9.17, 15) is 0 Å². The molecule has 1 aliphatic heterocycles. The van der Waals surface area contributed by atoms with Gasteiger partial charge in [-0.1, -0.05) is 12.1 Å². The van der Waals surface area contributed by atoms with Gasteiger partial charge in [-0.05, 0) is 18.6 Å². The summed E-state index contributed by atoms with van der Waals surface area (Å²) in [5.74, 6) is 1.32. The van der Waals surface area contributed by atoms with E-state index in [1.807, 2.05) is 12.1 Å². The SMILES string of the molecule is N=C(N)c1cccc(OCC2CCOC2)c1. The molecule has 2 rings (SSSR count). The molecule has 0 aliphatic carbocycles. The van der Waals surface area contributed by atoms with Crippen molar-refractivity contribution in [1.29, 1.82) is 5.41 Å². The standard InChI is InChI=1S/C12H16N2O2/c13-12(14)10-2-1-3-11(6-10)16-8-9-4-5-15-7-9/h1-3,6,9H,4-5,7-8H2,(H3,13,14). The van der Waals surface area contributed by atoms with Crippen LogP contribution in [0.4, 0.5) is 0 Å². The zero-order valence-electron chi connectivity index (χ0n) is 9.11. The van der Waals surface area contributed by atoms with Crippen molar-refractivity contribution in [3.05, 3.63) is 29.8 Å². The van der Waals surface area contributed by atoms with E-state index < -0.39 is 0 Å². The molecule has 0 aromatic heterocycles. The topological polar surface area (TPSA) is 68.3 Å². The first kappa shape index (κ1) is 11.0. The number of hydrogen-bond acceptors (Lipinski definition) is 3. The third-order valence-corrected chi connectivity index (χ3v) is 2.65. The van der Waals surface area contributed by atoms with E-state index in [-0.39, 0.29) is 5.84 Å². The molecular formula is C12H16N2O2. The number of nitrogen functional groups attached to an aromatic ring is 1. The van der Waals surface area contributed by atoms with E-state index in [2.05, 4.69) is 0 Å². The predicted molar refractivity (Wildman–Crippen MR) is 61.9 cm³/mol. The van der Waals surface area contributed by atoms with E-state index in [4.69, 9.17) is 20.6 Å². The van der Waals surface area contributed by atoms with Crippen LogP contribution < -0.4 is 10.5 Å². The van der Waals surface area contributed by atoms with Crippen molar-refractivity contribution >= 4 is 5.84 Å². The summed E-state index contributed by atoms with van der Waals surface area (Å²) in [6.45, 7) is 2.29. The maximum atomic E-state index is 7.33. The van der Waals surface area contributed by atoms with E-state index in [1.165, 1.54) is 0 Å². The van der Waals surface area contributed by atoms with Gasteiger partial charge in [0, 0.05) is 18.1 Å². The van der Waals surface area contributed by atoms with Crippen LogP contribution in [-0.4, -0.2) is 25.7 Å². The minimum atomic E-state index is 0.0645. The van der Waals surface area contributed by atoms with Crippen molar-refractivity contribution in [2.75, 3.05) is 19.8 Å². The third-order valence-electron chi connectivity index (χ3n) is 2.65. The lowest BCUT2D eigenvalue weighted by Crippen LogP contribution is -2.13. The molecule has 1 saturated heterocycles. The zero-order chi connectivity index (χ0) is 11.4. The molecule has 0 radical (unpaired) electrons. The number of nitrogens with one attached hydrogen (secondary N) is 1. The highest BCUT2D eigenvalue weighted by Gasteiger charge is 2.16. The molecular weight excluding hydrogens is 204 g/mol. The molecule has 1 fully saturated rings. The van der Waals surface area contributed by atoms with Crippen LogP contribution in [0.1, 0.15) is 12.0 Å². The highest BCUT2D eigenvalue weighted by atomic mass is 16.5. The first-order valence-corrected chi connectivity index (χ1v) is 5.40. The van der Waals surface area contributed by atoms with Crippen LogP contribution in [0.2, 0.25) is 0 Å². The molecule has 1 aromatic rings. The Kier molecular flexibility index (Phi) is 3.41. The predicted octanol–water partition coefficient (Wildman–Crippen LogP) is 1.39. The molecule has 1 aromatic carbocycles. The summed E-state index contributed by atoms with van der Waals surface area (Å²) in [4.78, 5) is 0. The molecule has 86 valence electrons. The van der Waals surface area contributed by atoms with E-state index >= 15 is 0 Å². The second-order valence-electron chi connectivity index (χ2n) is 3.98. The lowest BCUT2D eigenvalue weighted by atomic mass is 10.1. The molecule has 3 N–H and O–H groups in total. The van der Waals surface area contributed by atoms with Crippen molar-refractivity contribution in [3.8, 4) is 5.75 Å². The zero-order valence-corrected chi connectivity index (χ0v) is 9.11. The molecule has 0 saturated carbocycles. The molecule has 1 unspecified atom stereocenters. The van der Waals surface area contributed by atoms with Crippen molar-refractivity contribution in [2.45, 2.75) is 6.42 Å². The molecule has 1 heterocycles. The van der Waals surface area contributed by atoms with Gasteiger partial charge in [0.2, 0.25) is 0 Å². The molecule has 4 heteroatoms. The summed E-state index contributed by atoms with van der Waals surface area (Å²) in [6.07, 6.45) is 1.06. The average Bonchev–Trinajstić information content (AvgIpc) is 2.79. The Bertz CT molecular complexity index is 373. The summed E-state index contributed by atoms with van der Waals surface area (Å²) < 4.78 is 10.9. The highest BCUT2D eigenvalue weighted by molar-refractivity contribution is 5.95. The van der Waals surface area contributed by atoms with Crippen molar-refractivity contribution in [2.24, 2.45) is 11.7 Å². The molecule has 0 amide bonds. The maximum absolute atomic E-state index is 7.33. The molecule has 1 atom stereocenters. The first-order valence-electron chi connectivity index (χ1n) is 5.40. The van der Waals surface area contributed by atoms with Crippen LogP contribution in [0, 0.1) is 11.3 Å². The Labute approximate surface area is 94.9 Å². The smallest absolute Gasteiger partial charge is 0.122 e. The van der Waals surface area contributed by atoms with Crippen molar-refractivity contribution < 1.29 is 9.47 Å². The number of rotatable bonds is 4. The summed E-state index contributed by atoms with van der Waals surface area (Å²) in [5.41, 5.74) is 6.10. The second kappa shape index (κ2) is 4.99. The molecule has 4 nitrogen and oxygen atoms in total. The highest BCUT2D eigenvalue weighted by Crippen LogP contribution is 2.17. The Morgan fingerprint density at radius 3 is 3.12 bits per heavy atom. The van der Waals surface area contributed by atoms with E-state index in [1.54, 1.807) is 12.1 Å². The number of benzene rings is 1. The summed E-state index contributed by atoms with van der Waals surface area (Å²) >= 11 is 0. The van der Waals surface area contributed by atoms with Gasteiger partial charge in [0.25, 0.3) is 0 Å². The van der Waals surface area contributed by atoms with Gasteiger partial charge in [-0.3, -0.25) is 5.41 Å². The van der Waals surface area contributed by atoms with Crippen LogP contribution in [0.25, 0.3) is 0 Å². The van der Waals surface area contributed by atoms with Crippen molar-refractivity contribution in [3.63, 3.8) is 0 Å². The summed E-state index contributed by atoms with van der Waals surface area (Å²) in [5, 5.41) is 7.33. The van der Waals surface area contributed by atoms with E-state index in [0.29, 0.717) is 18.1 Å². The van der Waals surface area contributed by atoms with Gasteiger partial charge >= 0.3 is 0 Å². The number of amidine groups is 1. The minimum absolute atomic E-state index is 0.0645. The van der Waals surface area contributed by atoms with Gasteiger partial charge in [0.05, 0.1) is 13.2 Å². The largest absolute Gasteiger partial charge is 0.493 e. The fourth-order valence-corrected chi connectivity index (χ4v) is 1.68. The second-order valence-corrected chi connectivity index (χ2v) is 3.98.